The molecule has 0 fully saturated rings. The number of hydrogen-bond acceptors (Lipinski definition) is 4. The van der Waals surface area contributed by atoms with Crippen molar-refractivity contribution >= 4 is 11.8 Å². The monoisotopic (exact) mass is 160 g/mol. The smallest absolute Gasteiger partial charge is 0.305 e. The summed E-state index contributed by atoms with van der Waals surface area (Å²) in [7, 11) is 0. The van der Waals surface area contributed by atoms with Crippen molar-refractivity contribution in [2.75, 3.05) is 0 Å². The molecule has 1 unspecified atom stereocenters. The number of carbonyl (C=O) groups excluding carboxylic acids is 1. The predicted octanol–water partition coefficient (Wildman–Crippen LogP) is -1.30. The van der Waals surface area contributed by atoms with Crippen LogP contribution in [0.1, 0.15) is 13.3 Å². The first-order valence-electron chi connectivity index (χ1n) is 3.22. The molecule has 5 heteroatoms. The maximum Gasteiger partial charge on any atom is 0.305 e. The second-order valence-corrected chi connectivity index (χ2v) is 2.40. The van der Waals surface area contributed by atoms with Gasteiger partial charge >= 0.3 is 5.97 Å². The summed E-state index contributed by atoms with van der Waals surface area (Å²) >= 11 is 0. The van der Waals surface area contributed by atoms with E-state index in [1.807, 2.05) is 0 Å². The number of nitrogens with two attached hydrogens (primary N) is 2. The van der Waals surface area contributed by atoms with Gasteiger partial charge in [0.2, 0.25) is 0 Å². The lowest BCUT2D eigenvalue weighted by Gasteiger charge is -2.09. The van der Waals surface area contributed by atoms with Gasteiger partial charge in [-0.3, -0.25) is 9.59 Å². The second kappa shape index (κ2) is 4.05. The first-order valence-corrected chi connectivity index (χ1v) is 3.22. The molecule has 0 bridgehead atoms. The SMILES string of the molecule is C[C@H](N)C(=O)C(N)CC(=O)O. The molecule has 0 aromatic rings. The van der Waals surface area contributed by atoms with Crippen molar-refractivity contribution in [1.82, 2.24) is 0 Å². The first kappa shape index (κ1) is 10.1. The zero-order valence-corrected chi connectivity index (χ0v) is 6.28. The lowest BCUT2D eigenvalue weighted by Crippen LogP contribution is -2.42. The molecular weight excluding hydrogens is 148 g/mol. The summed E-state index contributed by atoms with van der Waals surface area (Å²) in [4.78, 5) is 20.9. The van der Waals surface area contributed by atoms with Gasteiger partial charge < -0.3 is 16.6 Å². The Morgan fingerprint density at radius 3 is 2.18 bits per heavy atom. The Morgan fingerprint density at radius 1 is 1.45 bits per heavy atom. The van der Waals surface area contributed by atoms with Gasteiger partial charge in [0.15, 0.2) is 5.78 Å². The Bertz CT molecular complexity index is 167. The number of carboxylic acids is 1. The molecule has 11 heavy (non-hydrogen) atoms. The third-order valence-corrected chi connectivity index (χ3v) is 1.21. The van der Waals surface area contributed by atoms with E-state index in [0.717, 1.165) is 0 Å². The van der Waals surface area contributed by atoms with Crippen LogP contribution in [0.15, 0.2) is 0 Å². The molecule has 0 aliphatic heterocycles. The highest BCUT2D eigenvalue weighted by Gasteiger charge is 2.19. The van der Waals surface area contributed by atoms with Gasteiger partial charge in [0.25, 0.3) is 0 Å². The van der Waals surface area contributed by atoms with Crippen LogP contribution in [-0.4, -0.2) is 28.9 Å². The number of Topliss-reactive ketones (excluding diaryl/α,β-unsaturated/α-hetero) is 1. The largest absolute Gasteiger partial charge is 0.481 e. The zero-order valence-electron chi connectivity index (χ0n) is 6.28. The zero-order chi connectivity index (χ0) is 9.02. The van der Waals surface area contributed by atoms with Crippen molar-refractivity contribution < 1.29 is 14.7 Å². The van der Waals surface area contributed by atoms with Gasteiger partial charge in [0, 0.05) is 0 Å². The lowest BCUT2D eigenvalue weighted by atomic mass is 10.1. The van der Waals surface area contributed by atoms with E-state index in [9.17, 15) is 9.59 Å². The van der Waals surface area contributed by atoms with E-state index in [1.54, 1.807) is 0 Å². The third kappa shape index (κ3) is 3.69. The molecule has 5 N–H and O–H groups in total. The van der Waals surface area contributed by atoms with Gasteiger partial charge in [0.05, 0.1) is 18.5 Å². The minimum absolute atomic E-state index is 0.361. The summed E-state index contributed by atoms with van der Waals surface area (Å²) in [6.07, 6.45) is -0.361. The fraction of sp³-hybridized carbons (Fsp3) is 0.667. The molecular formula is C6H12N2O3. The fourth-order valence-corrected chi connectivity index (χ4v) is 0.626. The van der Waals surface area contributed by atoms with Gasteiger partial charge in [-0.05, 0) is 6.92 Å². The maximum absolute atomic E-state index is 10.9. The van der Waals surface area contributed by atoms with Crippen molar-refractivity contribution in [3.63, 3.8) is 0 Å². The molecule has 0 amide bonds. The molecule has 0 spiro atoms. The van der Waals surface area contributed by atoms with E-state index < -0.39 is 23.8 Å². The molecule has 5 nitrogen and oxygen atoms in total. The number of ketones is 1. The van der Waals surface area contributed by atoms with Gasteiger partial charge in [-0.2, -0.15) is 0 Å². The standard InChI is InChI=1S/C6H12N2O3/c1-3(7)6(11)4(8)2-5(9)10/h3-4H,2,7-8H2,1H3,(H,9,10)/t3-,4?/m0/s1. The average Bonchev–Trinajstić information content (AvgIpc) is 1.84. The topological polar surface area (TPSA) is 106 Å². The highest BCUT2D eigenvalue weighted by molar-refractivity contribution is 5.91. The van der Waals surface area contributed by atoms with Crippen molar-refractivity contribution in [1.29, 1.82) is 0 Å². The van der Waals surface area contributed by atoms with Crippen LogP contribution in [0.4, 0.5) is 0 Å². The van der Waals surface area contributed by atoms with Crippen molar-refractivity contribution in [3.8, 4) is 0 Å². The molecule has 0 saturated heterocycles. The Kier molecular flexibility index (Phi) is 3.70. The van der Waals surface area contributed by atoms with Gasteiger partial charge in [-0.1, -0.05) is 0 Å². The van der Waals surface area contributed by atoms with Crippen LogP contribution in [0.2, 0.25) is 0 Å². The molecule has 64 valence electrons. The number of aliphatic carboxylic acids is 1. The van der Waals surface area contributed by atoms with E-state index in [-0.39, 0.29) is 6.42 Å². The average molecular weight is 160 g/mol. The quantitative estimate of drug-likeness (QED) is 0.474. The highest BCUT2D eigenvalue weighted by Crippen LogP contribution is 1.92. The lowest BCUT2D eigenvalue weighted by molar-refractivity contribution is -0.139. The van der Waals surface area contributed by atoms with Gasteiger partial charge in [0.1, 0.15) is 0 Å². The van der Waals surface area contributed by atoms with Crippen LogP contribution >= 0.6 is 0 Å². The number of hydrogen-bond donors (Lipinski definition) is 3. The summed E-state index contributed by atoms with van der Waals surface area (Å²) < 4.78 is 0. The van der Waals surface area contributed by atoms with Crippen LogP contribution in [-0.2, 0) is 9.59 Å². The molecule has 0 heterocycles. The third-order valence-electron chi connectivity index (χ3n) is 1.21. The minimum atomic E-state index is -1.09. The summed E-state index contributed by atoms with van der Waals surface area (Å²) in [6, 6.07) is -1.67. The molecule has 0 aromatic carbocycles. The summed E-state index contributed by atoms with van der Waals surface area (Å²) in [6.45, 7) is 1.48. The van der Waals surface area contributed by atoms with Crippen molar-refractivity contribution in [2.24, 2.45) is 11.5 Å². The van der Waals surface area contributed by atoms with E-state index in [4.69, 9.17) is 16.6 Å². The van der Waals surface area contributed by atoms with Crippen LogP contribution in [0.3, 0.4) is 0 Å². The van der Waals surface area contributed by atoms with Gasteiger partial charge in [-0.25, -0.2) is 0 Å². The van der Waals surface area contributed by atoms with E-state index in [1.165, 1.54) is 6.92 Å². The summed E-state index contributed by atoms with van der Waals surface area (Å²) in [5.74, 6) is -1.51. The molecule has 2 atom stereocenters. The molecule has 0 radical (unpaired) electrons. The van der Waals surface area contributed by atoms with E-state index in [0.29, 0.717) is 0 Å². The molecule has 0 saturated carbocycles. The fourth-order valence-electron chi connectivity index (χ4n) is 0.626. The molecule has 0 aliphatic rings. The number of carbonyl (C=O) groups is 2. The Hall–Kier alpha value is -0.940. The van der Waals surface area contributed by atoms with Crippen LogP contribution in [0.5, 0.6) is 0 Å². The highest BCUT2D eigenvalue weighted by atomic mass is 16.4. The predicted molar refractivity (Wildman–Crippen MR) is 38.9 cm³/mol. The van der Waals surface area contributed by atoms with Crippen LogP contribution in [0, 0.1) is 0 Å². The Morgan fingerprint density at radius 2 is 1.91 bits per heavy atom. The molecule has 0 rings (SSSR count). The molecule has 0 aliphatic carbocycles. The second-order valence-electron chi connectivity index (χ2n) is 2.40. The number of rotatable bonds is 4. The van der Waals surface area contributed by atoms with Crippen LogP contribution < -0.4 is 11.5 Å². The first-order chi connectivity index (χ1) is 4.95. The van der Waals surface area contributed by atoms with E-state index >= 15 is 0 Å². The van der Waals surface area contributed by atoms with Gasteiger partial charge in [-0.15, -0.1) is 0 Å². The minimum Gasteiger partial charge on any atom is -0.481 e. The maximum atomic E-state index is 10.9. The summed E-state index contributed by atoms with van der Waals surface area (Å²) in [5, 5.41) is 8.24. The summed E-state index contributed by atoms with van der Waals surface area (Å²) in [5.41, 5.74) is 10.4. The number of carboxylic acid groups (broad SMARTS) is 1. The Labute approximate surface area is 64.4 Å². The van der Waals surface area contributed by atoms with E-state index in [2.05, 4.69) is 0 Å². The van der Waals surface area contributed by atoms with Crippen LogP contribution in [0.25, 0.3) is 0 Å². The van der Waals surface area contributed by atoms with Crippen molar-refractivity contribution in [2.45, 2.75) is 25.4 Å². The Balaban J connectivity index is 3.93. The molecule has 0 aromatic heterocycles. The normalized spacial score (nSPS) is 15.5. The van der Waals surface area contributed by atoms with Crippen molar-refractivity contribution in [3.05, 3.63) is 0 Å².